The number of hydrogen-bond acceptors (Lipinski definition) is 1. The van der Waals surface area contributed by atoms with Gasteiger partial charge in [-0.15, -0.1) is 6.58 Å². The molecule has 0 aromatic heterocycles. The second kappa shape index (κ2) is 8.97. The predicted octanol–water partition coefficient (Wildman–Crippen LogP) is 7.58. The molecule has 0 saturated heterocycles. The SMILES string of the molecule is C=CCC[C@@H]1CC[C@H]2[C@H](CC[C@H]3CC(c4ccc(OC(F)F)cc4)CC[C@@H]32)C1. The van der Waals surface area contributed by atoms with Gasteiger partial charge in [0.15, 0.2) is 0 Å². The van der Waals surface area contributed by atoms with Crippen molar-refractivity contribution in [2.24, 2.45) is 29.6 Å². The lowest BCUT2D eigenvalue weighted by molar-refractivity contribution is -0.0498. The van der Waals surface area contributed by atoms with Gasteiger partial charge in [0.2, 0.25) is 0 Å². The van der Waals surface area contributed by atoms with Gasteiger partial charge in [0, 0.05) is 0 Å². The van der Waals surface area contributed by atoms with Crippen LogP contribution in [0.5, 0.6) is 5.75 Å². The number of benzene rings is 1. The minimum atomic E-state index is -2.75. The average molecular weight is 389 g/mol. The number of halogens is 2. The van der Waals surface area contributed by atoms with E-state index in [1.807, 2.05) is 12.1 Å². The summed E-state index contributed by atoms with van der Waals surface area (Å²) in [5.74, 6) is 5.50. The van der Waals surface area contributed by atoms with Gasteiger partial charge in [-0.05, 0) is 111 Å². The smallest absolute Gasteiger partial charge is 0.387 e. The molecule has 0 spiro atoms. The van der Waals surface area contributed by atoms with Crippen molar-refractivity contribution in [3.8, 4) is 5.75 Å². The second-order valence-corrected chi connectivity index (χ2v) is 9.43. The maximum atomic E-state index is 12.4. The van der Waals surface area contributed by atoms with Crippen molar-refractivity contribution < 1.29 is 13.5 Å². The van der Waals surface area contributed by atoms with Crippen LogP contribution in [0.2, 0.25) is 0 Å². The summed E-state index contributed by atoms with van der Waals surface area (Å²) in [5, 5.41) is 0. The van der Waals surface area contributed by atoms with E-state index < -0.39 is 6.61 Å². The lowest BCUT2D eigenvalue weighted by Gasteiger charge is -2.51. The summed E-state index contributed by atoms with van der Waals surface area (Å²) < 4.78 is 29.2. The Morgan fingerprint density at radius 1 is 0.929 bits per heavy atom. The van der Waals surface area contributed by atoms with Crippen LogP contribution < -0.4 is 4.74 Å². The number of hydrogen-bond donors (Lipinski definition) is 0. The largest absolute Gasteiger partial charge is 0.435 e. The molecule has 3 heteroatoms. The molecule has 3 aliphatic rings. The summed E-state index contributed by atoms with van der Waals surface area (Å²) >= 11 is 0. The van der Waals surface area contributed by atoms with Gasteiger partial charge in [-0.25, -0.2) is 0 Å². The van der Waals surface area contributed by atoms with Crippen LogP contribution in [-0.4, -0.2) is 6.61 Å². The Labute approximate surface area is 168 Å². The Bertz CT molecular complexity index is 640. The lowest BCUT2D eigenvalue weighted by atomic mass is 9.55. The van der Waals surface area contributed by atoms with Gasteiger partial charge < -0.3 is 4.74 Å². The fourth-order valence-electron chi connectivity index (χ4n) is 6.73. The third-order valence-corrected chi connectivity index (χ3v) is 8.00. The molecule has 0 aliphatic heterocycles. The van der Waals surface area contributed by atoms with Gasteiger partial charge in [-0.1, -0.05) is 24.6 Å². The van der Waals surface area contributed by atoms with Crippen LogP contribution in [0.1, 0.15) is 75.7 Å². The minimum absolute atomic E-state index is 0.265. The Balaban J connectivity index is 1.34. The topological polar surface area (TPSA) is 9.23 Å². The maximum absolute atomic E-state index is 12.4. The van der Waals surface area contributed by atoms with Crippen molar-refractivity contribution in [2.45, 2.75) is 76.7 Å². The van der Waals surface area contributed by atoms with Crippen LogP contribution in [0.3, 0.4) is 0 Å². The molecule has 0 heterocycles. The van der Waals surface area contributed by atoms with Crippen LogP contribution in [0.15, 0.2) is 36.9 Å². The number of rotatable bonds is 6. The number of fused-ring (bicyclic) bond motifs is 3. The molecule has 0 N–H and O–H groups in total. The van der Waals surface area contributed by atoms with E-state index in [9.17, 15) is 8.78 Å². The monoisotopic (exact) mass is 388 g/mol. The first-order valence-corrected chi connectivity index (χ1v) is 11.3. The Morgan fingerprint density at radius 2 is 1.61 bits per heavy atom. The van der Waals surface area contributed by atoms with E-state index in [4.69, 9.17) is 0 Å². The van der Waals surface area contributed by atoms with Crippen molar-refractivity contribution in [3.05, 3.63) is 42.5 Å². The summed E-state index contributed by atoms with van der Waals surface area (Å²) in [4.78, 5) is 0. The molecule has 4 rings (SSSR count). The summed E-state index contributed by atoms with van der Waals surface area (Å²) in [5.41, 5.74) is 1.30. The van der Waals surface area contributed by atoms with Crippen molar-refractivity contribution in [2.75, 3.05) is 0 Å². The van der Waals surface area contributed by atoms with Crippen molar-refractivity contribution in [1.29, 1.82) is 0 Å². The van der Waals surface area contributed by atoms with E-state index in [0.29, 0.717) is 5.92 Å². The van der Waals surface area contributed by atoms with Gasteiger partial charge >= 0.3 is 6.61 Å². The zero-order valence-electron chi connectivity index (χ0n) is 16.9. The van der Waals surface area contributed by atoms with E-state index >= 15 is 0 Å². The van der Waals surface area contributed by atoms with Crippen LogP contribution in [0.25, 0.3) is 0 Å². The molecule has 154 valence electrons. The Hall–Kier alpha value is -1.38. The molecule has 3 aliphatic carbocycles. The highest BCUT2D eigenvalue weighted by molar-refractivity contribution is 5.30. The lowest BCUT2D eigenvalue weighted by Crippen LogP contribution is -2.41. The van der Waals surface area contributed by atoms with Gasteiger partial charge in [0.25, 0.3) is 0 Å². The molecule has 1 aromatic carbocycles. The third-order valence-electron chi connectivity index (χ3n) is 8.00. The summed E-state index contributed by atoms with van der Waals surface area (Å²) in [6.07, 6.45) is 15.6. The zero-order valence-corrected chi connectivity index (χ0v) is 16.9. The van der Waals surface area contributed by atoms with Crippen LogP contribution in [0, 0.1) is 29.6 Å². The highest BCUT2D eigenvalue weighted by Crippen LogP contribution is 2.55. The van der Waals surface area contributed by atoms with Crippen molar-refractivity contribution in [3.63, 3.8) is 0 Å². The van der Waals surface area contributed by atoms with Crippen molar-refractivity contribution in [1.82, 2.24) is 0 Å². The summed E-state index contributed by atoms with van der Waals surface area (Å²) in [6.45, 7) is 1.14. The van der Waals surface area contributed by atoms with Gasteiger partial charge in [0.05, 0.1) is 0 Å². The highest BCUT2D eigenvalue weighted by atomic mass is 19.3. The predicted molar refractivity (Wildman–Crippen MR) is 110 cm³/mol. The molecule has 6 atom stereocenters. The first-order chi connectivity index (χ1) is 13.6. The zero-order chi connectivity index (χ0) is 19.5. The molecule has 28 heavy (non-hydrogen) atoms. The molecule has 0 bridgehead atoms. The van der Waals surface area contributed by atoms with E-state index in [2.05, 4.69) is 17.4 Å². The first-order valence-electron chi connectivity index (χ1n) is 11.3. The maximum Gasteiger partial charge on any atom is 0.387 e. The molecule has 3 saturated carbocycles. The van der Waals surface area contributed by atoms with Gasteiger partial charge in [-0.3, -0.25) is 0 Å². The molecule has 0 amide bonds. The standard InChI is InChI=1S/C25H34F2O/c1-2-3-4-17-5-13-23-20(15-17)6-7-21-16-19(10-14-24(21)23)18-8-11-22(12-9-18)28-25(26)27/h2,8-9,11-12,17,19-21,23-25H,1,3-7,10,13-16H2/t17-,19?,20-,21+,23+,24+/m1/s1. The minimum Gasteiger partial charge on any atom is -0.435 e. The quantitative estimate of drug-likeness (QED) is 0.456. The number of alkyl halides is 2. The van der Waals surface area contributed by atoms with Gasteiger partial charge in [-0.2, -0.15) is 8.78 Å². The van der Waals surface area contributed by atoms with E-state index in [1.165, 1.54) is 69.8 Å². The fourth-order valence-corrected chi connectivity index (χ4v) is 6.73. The average Bonchev–Trinajstić information content (AvgIpc) is 2.71. The first kappa shape index (κ1) is 19.9. The summed E-state index contributed by atoms with van der Waals surface area (Å²) in [7, 11) is 0. The number of allylic oxidation sites excluding steroid dienone is 1. The van der Waals surface area contributed by atoms with Crippen molar-refractivity contribution >= 4 is 0 Å². The normalized spacial score (nSPS) is 35.1. The van der Waals surface area contributed by atoms with Crippen LogP contribution in [-0.2, 0) is 0 Å². The molecule has 0 radical (unpaired) electrons. The van der Waals surface area contributed by atoms with E-state index in [0.717, 1.165) is 29.6 Å². The Morgan fingerprint density at radius 3 is 2.29 bits per heavy atom. The molecule has 1 unspecified atom stereocenters. The molecule has 3 fully saturated rings. The van der Waals surface area contributed by atoms with Crippen LogP contribution >= 0.6 is 0 Å². The molecule has 1 aromatic rings. The highest BCUT2D eigenvalue weighted by Gasteiger charge is 2.44. The summed E-state index contributed by atoms with van der Waals surface area (Å²) in [6, 6.07) is 7.41. The van der Waals surface area contributed by atoms with E-state index in [-0.39, 0.29) is 5.75 Å². The van der Waals surface area contributed by atoms with Crippen LogP contribution in [0.4, 0.5) is 8.78 Å². The van der Waals surface area contributed by atoms with Gasteiger partial charge in [0.1, 0.15) is 5.75 Å². The second-order valence-electron chi connectivity index (χ2n) is 9.43. The third kappa shape index (κ3) is 4.44. The van der Waals surface area contributed by atoms with E-state index in [1.54, 1.807) is 12.1 Å². The molecular weight excluding hydrogens is 354 g/mol. The molecule has 1 nitrogen and oxygen atoms in total. The Kier molecular flexibility index (Phi) is 6.38. The fraction of sp³-hybridized carbons (Fsp3) is 0.680. The number of ether oxygens (including phenoxy) is 1. The molecular formula is C25H34F2O.